The van der Waals surface area contributed by atoms with Gasteiger partial charge in [0.2, 0.25) is 0 Å². The van der Waals surface area contributed by atoms with E-state index >= 15 is 0 Å². The zero-order valence-corrected chi connectivity index (χ0v) is 19.9. The third-order valence-electron chi connectivity index (χ3n) is 6.52. The molecule has 0 unspecified atom stereocenters. The largest absolute Gasteiger partial charge is 0.455 e. The van der Waals surface area contributed by atoms with Gasteiger partial charge in [-0.3, -0.25) is 4.79 Å². The van der Waals surface area contributed by atoms with Crippen molar-refractivity contribution in [3.05, 3.63) is 99.1 Å². The summed E-state index contributed by atoms with van der Waals surface area (Å²) in [5, 5.41) is 11.4. The van der Waals surface area contributed by atoms with Gasteiger partial charge in [-0.1, -0.05) is 18.2 Å². The van der Waals surface area contributed by atoms with Crippen LogP contribution in [0.25, 0.3) is 16.6 Å². The normalized spacial score (nSPS) is 13.9. The number of hydrogen-bond donors (Lipinski definition) is 1. The van der Waals surface area contributed by atoms with Crippen LogP contribution in [0.5, 0.6) is 11.5 Å². The van der Waals surface area contributed by atoms with Crippen molar-refractivity contribution in [2.75, 3.05) is 0 Å². The van der Waals surface area contributed by atoms with E-state index in [2.05, 4.69) is 0 Å². The highest BCUT2D eigenvalue weighted by molar-refractivity contribution is 5.82. The van der Waals surface area contributed by atoms with Crippen LogP contribution in [-0.4, -0.2) is 9.67 Å². The molecule has 0 atom stereocenters. The standard InChI is InChI=1S/C29H28FNO3/c1-17-13-21(30)14-18(2)28(17)34-26-12-11-20(29(3,4)33)15-25(26)31-16-23(19-9-10-19)27(32)22-7-5-6-8-24(22)31/h5-8,11-16,19,33H,9-10H2,1-4H3. The molecule has 0 spiro atoms. The van der Waals surface area contributed by atoms with Crippen LogP contribution in [0.1, 0.15) is 54.9 Å². The highest BCUT2D eigenvalue weighted by Crippen LogP contribution is 2.41. The number of aliphatic hydroxyl groups is 1. The molecule has 4 aromatic rings. The number of benzene rings is 3. The van der Waals surface area contributed by atoms with Crippen LogP contribution in [0.3, 0.4) is 0 Å². The fourth-order valence-corrected chi connectivity index (χ4v) is 4.52. The summed E-state index contributed by atoms with van der Waals surface area (Å²) >= 11 is 0. The van der Waals surface area contributed by atoms with E-state index in [-0.39, 0.29) is 17.2 Å². The molecule has 5 rings (SSSR count). The van der Waals surface area contributed by atoms with E-state index in [1.54, 1.807) is 13.8 Å². The first-order valence-corrected chi connectivity index (χ1v) is 11.6. The molecule has 0 saturated heterocycles. The topological polar surface area (TPSA) is 51.5 Å². The van der Waals surface area contributed by atoms with Gasteiger partial charge in [0, 0.05) is 17.1 Å². The molecule has 0 bridgehead atoms. The molecule has 1 fully saturated rings. The van der Waals surface area contributed by atoms with Crippen molar-refractivity contribution >= 4 is 10.9 Å². The van der Waals surface area contributed by atoms with Crippen molar-refractivity contribution in [1.82, 2.24) is 4.57 Å². The van der Waals surface area contributed by atoms with Crippen LogP contribution in [0.4, 0.5) is 4.39 Å². The number of pyridine rings is 1. The van der Waals surface area contributed by atoms with E-state index in [0.717, 1.165) is 29.5 Å². The molecule has 0 aliphatic heterocycles. The smallest absolute Gasteiger partial charge is 0.192 e. The maximum absolute atomic E-state index is 13.9. The average molecular weight is 458 g/mol. The Kier molecular flexibility index (Phi) is 5.33. The summed E-state index contributed by atoms with van der Waals surface area (Å²) in [6.45, 7) is 7.10. The minimum Gasteiger partial charge on any atom is -0.455 e. The number of para-hydroxylation sites is 1. The SMILES string of the molecule is Cc1cc(F)cc(C)c1Oc1ccc(C(C)(C)O)cc1-n1cc(C2CC2)c(=O)c2ccccc21. The summed E-state index contributed by atoms with van der Waals surface area (Å²) in [4.78, 5) is 13.2. The second-order valence-electron chi connectivity index (χ2n) is 9.79. The molecule has 0 amide bonds. The van der Waals surface area contributed by atoms with Gasteiger partial charge in [0.1, 0.15) is 11.6 Å². The van der Waals surface area contributed by atoms with Crippen molar-refractivity contribution in [2.24, 2.45) is 0 Å². The molecule has 5 heteroatoms. The Balaban J connectivity index is 1.78. The third-order valence-corrected chi connectivity index (χ3v) is 6.52. The lowest BCUT2D eigenvalue weighted by Crippen LogP contribution is -2.17. The molecule has 1 aliphatic rings. The molecule has 1 N–H and O–H groups in total. The van der Waals surface area contributed by atoms with Gasteiger partial charge in [0.15, 0.2) is 11.2 Å². The molecule has 3 aromatic carbocycles. The lowest BCUT2D eigenvalue weighted by Gasteiger charge is -2.23. The van der Waals surface area contributed by atoms with Crippen molar-refractivity contribution in [1.29, 1.82) is 0 Å². The molecule has 34 heavy (non-hydrogen) atoms. The van der Waals surface area contributed by atoms with Gasteiger partial charge in [0.05, 0.1) is 16.8 Å². The second-order valence-corrected chi connectivity index (χ2v) is 9.79. The lowest BCUT2D eigenvalue weighted by atomic mass is 9.97. The Labute approximate surface area is 198 Å². The molecular weight excluding hydrogens is 429 g/mol. The highest BCUT2D eigenvalue weighted by atomic mass is 19.1. The zero-order valence-electron chi connectivity index (χ0n) is 19.9. The van der Waals surface area contributed by atoms with E-state index in [9.17, 15) is 14.3 Å². The fourth-order valence-electron chi connectivity index (χ4n) is 4.52. The molecule has 1 aliphatic carbocycles. The van der Waals surface area contributed by atoms with Crippen molar-refractivity contribution in [3.8, 4) is 17.2 Å². The van der Waals surface area contributed by atoms with Gasteiger partial charge in [-0.25, -0.2) is 4.39 Å². The summed E-state index contributed by atoms with van der Waals surface area (Å²) in [5.74, 6) is 1.11. The first-order chi connectivity index (χ1) is 16.1. The number of aromatic nitrogens is 1. The van der Waals surface area contributed by atoms with Crippen molar-refractivity contribution < 1.29 is 14.2 Å². The van der Waals surface area contributed by atoms with Gasteiger partial charge in [-0.05, 0) is 99.5 Å². The lowest BCUT2D eigenvalue weighted by molar-refractivity contribution is 0.0785. The maximum atomic E-state index is 13.9. The first-order valence-electron chi connectivity index (χ1n) is 11.6. The van der Waals surface area contributed by atoms with Crippen LogP contribution in [0.2, 0.25) is 0 Å². The van der Waals surface area contributed by atoms with E-state index in [1.165, 1.54) is 12.1 Å². The molecule has 4 nitrogen and oxygen atoms in total. The number of rotatable bonds is 5. The third kappa shape index (κ3) is 4.01. The van der Waals surface area contributed by atoms with Gasteiger partial charge in [-0.2, -0.15) is 0 Å². The van der Waals surface area contributed by atoms with Gasteiger partial charge >= 0.3 is 0 Å². The van der Waals surface area contributed by atoms with Crippen molar-refractivity contribution in [2.45, 2.75) is 52.1 Å². The van der Waals surface area contributed by atoms with Gasteiger partial charge < -0.3 is 14.4 Å². The zero-order chi connectivity index (χ0) is 24.2. The minimum atomic E-state index is -1.07. The molecular formula is C29H28FNO3. The number of hydrogen-bond acceptors (Lipinski definition) is 3. The molecule has 1 aromatic heterocycles. The summed E-state index contributed by atoms with van der Waals surface area (Å²) in [5.41, 5.74) is 3.38. The first kappa shape index (κ1) is 22.4. The highest BCUT2D eigenvalue weighted by Gasteiger charge is 2.28. The average Bonchev–Trinajstić information content (AvgIpc) is 3.61. The Morgan fingerprint density at radius 1 is 1.03 bits per heavy atom. The van der Waals surface area contributed by atoms with Crippen LogP contribution in [0.15, 0.2) is 65.6 Å². The second kappa shape index (κ2) is 8.10. The number of aryl methyl sites for hydroxylation is 2. The van der Waals surface area contributed by atoms with Crippen LogP contribution in [0, 0.1) is 19.7 Å². The van der Waals surface area contributed by atoms with Gasteiger partial charge in [0.25, 0.3) is 0 Å². The monoisotopic (exact) mass is 457 g/mol. The summed E-state index contributed by atoms with van der Waals surface area (Å²) < 4.78 is 22.3. The summed E-state index contributed by atoms with van der Waals surface area (Å²) in [6.07, 6.45) is 3.94. The summed E-state index contributed by atoms with van der Waals surface area (Å²) in [7, 11) is 0. The number of halogens is 1. The van der Waals surface area contributed by atoms with E-state index < -0.39 is 5.60 Å². The predicted octanol–water partition coefficient (Wildman–Crippen LogP) is 6.64. The Morgan fingerprint density at radius 2 is 1.71 bits per heavy atom. The van der Waals surface area contributed by atoms with E-state index in [1.807, 2.05) is 67.1 Å². The number of nitrogens with zero attached hydrogens (tertiary/aromatic N) is 1. The van der Waals surface area contributed by atoms with Crippen LogP contribution >= 0.6 is 0 Å². The Morgan fingerprint density at radius 3 is 2.35 bits per heavy atom. The number of fused-ring (bicyclic) bond motifs is 1. The van der Waals surface area contributed by atoms with Crippen LogP contribution < -0.4 is 10.2 Å². The van der Waals surface area contributed by atoms with Crippen LogP contribution in [-0.2, 0) is 5.60 Å². The molecule has 174 valence electrons. The Hall–Kier alpha value is -3.44. The molecule has 1 saturated carbocycles. The predicted molar refractivity (Wildman–Crippen MR) is 133 cm³/mol. The maximum Gasteiger partial charge on any atom is 0.192 e. The summed E-state index contributed by atoms with van der Waals surface area (Å²) in [6, 6.07) is 16.0. The fraction of sp³-hybridized carbons (Fsp3) is 0.276. The van der Waals surface area contributed by atoms with E-state index in [4.69, 9.17) is 4.74 Å². The molecule has 0 radical (unpaired) electrons. The van der Waals surface area contributed by atoms with Gasteiger partial charge in [-0.15, -0.1) is 0 Å². The minimum absolute atomic E-state index is 0.0701. The quantitative estimate of drug-likeness (QED) is 0.365. The Bertz CT molecular complexity index is 1450. The molecule has 1 heterocycles. The number of ether oxygens (including phenoxy) is 1. The van der Waals surface area contributed by atoms with E-state index in [0.29, 0.717) is 33.7 Å². The van der Waals surface area contributed by atoms with Crippen molar-refractivity contribution in [3.63, 3.8) is 0 Å².